The summed E-state index contributed by atoms with van der Waals surface area (Å²) in [7, 11) is 0. The first kappa shape index (κ1) is 19.2. The predicted molar refractivity (Wildman–Crippen MR) is 90.9 cm³/mol. The maximum atomic E-state index is 12.0. The number of carbonyl (C=O) groups is 1. The summed E-state index contributed by atoms with van der Waals surface area (Å²) < 4.78 is 0. The van der Waals surface area contributed by atoms with E-state index in [1.54, 1.807) is 0 Å². The van der Waals surface area contributed by atoms with E-state index < -0.39 is 11.4 Å². The van der Waals surface area contributed by atoms with E-state index in [2.05, 4.69) is 17.0 Å². The first-order valence-electron chi connectivity index (χ1n) is 7.94. The molecule has 1 aliphatic heterocycles. The summed E-state index contributed by atoms with van der Waals surface area (Å²) in [6.45, 7) is 1.43. The van der Waals surface area contributed by atoms with Crippen LogP contribution in [-0.4, -0.2) is 28.7 Å². The van der Waals surface area contributed by atoms with Crippen molar-refractivity contribution in [1.82, 2.24) is 4.90 Å². The Bertz CT molecular complexity index is 672. The molecule has 5 heteroatoms. The van der Waals surface area contributed by atoms with Crippen LogP contribution in [0.4, 0.5) is 0 Å². The van der Waals surface area contributed by atoms with Crippen molar-refractivity contribution in [2.24, 2.45) is 5.73 Å². The molecule has 1 heterocycles. The van der Waals surface area contributed by atoms with Crippen LogP contribution in [0.5, 0.6) is 0 Å². The van der Waals surface area contributed by atoms with E-state index in [4.69, 9.17) is 5.73 Å². The van der Waals surface area contributed by atoms with Gasteiger partial charge in [0.2, 0.25) is 0 Å². The monoisotopic (exact) mass is 334 g/mol. The van der Waals surface area contributed by atoms with Gasteiger partial charge in [0.15, 0.2) is 0 Å². The van der Waals surface area contributed by atoms with E-state index in [1.165, 1.54) is 5.56 Å². The fourth-order valence-electron chi connectivity index (χ4n) is 3.44. The van der Waals surface area contributed by atoms with Crippen molar-refractivity contribution >= 4 is 5.97 Å². The van der Waals surface area contributed by atoms with Crippen LogP contribution in [0.15, 0.2) is 60.7 Å². The van der Waals surface area contributed by atoms with Gasteiger partial charge >= 0.3 is 35.5 Å². The van der Waals surface area contributed by atoms with Crippen LogP contribution in [0.1, 0.15) is 25.4 Å². The van der Waals surface area contributed by atoms with E-state index in [-0.39, 0.29) is 37.1 Å². The van der Waals surface area contributed by atoms with Gasteiger partial charge in [0.25, 0.3) is 0 Å². The third-order valence-corrected chi connectivity index (χ3v) is 4.82. The Kier molecular flexibility index (Phi) is 6.61. The van der Waals surface area contributed by atoms with Gasteiger partial charge in [-0.25, -0.2) is 0 Å². The van der Waals surface area contributed by atoms with Gasteiger partial charge < -0.3 is 12.3 Å². The van der Waals surface area contributed by atoms with Crippen molar-refractivity contribution in [1.29, 1.82) is 0 Å². The molecule has 3 N–H and O–H groups in total. The van der Waals surface area contributed by atoms with Gasteiger partial charge in [-0.3, -0.25) is 9.69 Å². The molecule has 0 aromatic heterocycles. The first-order valence-corrected chi connectivity index (χ1v) is 7.94. The molecule has 122 valence electrons. The van der Waals surface area contributed by atoms with E-state index in [0.717, 1.165) is 12.1 Å². The minimum Gasteiger partial charge on any atom is -1.00 e. The average Bonchev–Trinajstić information content (AvgIpc) is 2.58. The molecule has 0 radical (unpaired) electrons. The molecule has 3 rings (SSSR count). The summed E-state index contributed by atoms with van der Waals surface area (Å²) in [4.78, 5) is 14.2. The third-order valence-electron chi connectivity index (χ3n) is 4.82. The second kappa shape index (κ2) is 8.28. The Morgan fingerprint density at radius 2 is 1.75 bits per heavy atom. The molecule has 0 bridgehead atoms. The quantitative estimate of drug-likeness (QED) is 0.754. The Balaban J connectivity index is 0.00000156. The molecule has 2 atom stereocenters. The Morgan fingerprint density at radius 1 is 1.17 bits per heavy atom. The van der Waals surface area contributed by atoms with Gasteiger partial charge in [-0.2, -0.15) is 0 Å². The summed E-state index contributed by atoms with van der Waals surface area (Å²) in [5, 5.41) is 9.86. The van der Waals surface area contributed by atoms with E-state index in [9.17, 15) is 9.90 Å². The Labute approximate surface area is 166 Å². The molecule has 2 aromatic carbocycles. The summed E-state index contributed by atoms with van der Waals surface area (Å²) in [6.07, 6.45) is 0.742. The van der Waals surface area contributed by atoms with Gasteiger partial charge in [-0.1, -0.05) is 60.7 Å². The van der Waals surface area contributed by atoms with Gasteiger partial charge in [-0.15, -0.1) is 0 Å². The number of carboxylic acids is 1. The molecule has 1 saturated heterocycles. The standard InChI is InChI=1S/C19H22N2O2.Na.H/c20-17-13-19(18(22)23,16-9-5-2-6-10-16)11-12-21(17)14-15-7-3-1-4-8-15;;/h1-10,17H,11-14,20H2,(H,22,23);;/q;+1;-1. The molecule has 4 nitrogen and oxygen atoms in total. The molecule has 0 aliphatic carbocycles. The summed E-state index contributed by atoms with van der Waals surface area (Å²) in [5.74, 6) is -0.779. The topological polar surface area (TPSA) is 66.6 Å². The number of rotatable bonds is 4. The molecule has 0 saturated carbocycles. The number of hydrogen-bond donors (Lipinski definition) is 2. The number of benzene rings is 2. The second-order valence-electron chi connectivity index (χ2n) is 6.23. The normalized spacial score (nSPS) is 24.1. The van der Waals surface area contributed by atoms with Crippen molar-refractivity contribution in [2.45, 2.75) is 31.0 Å². The van der Waals surface area contributed by atoms with Crippen LogP contribution in [0.3, 0.4) is 0 Å². The molecule has 24 heavy (non-hydrogen) atoms. The van der Waals surface area contributed by atoms with Crippen LogP contribution < -0.4 is 35.3 Å². The molecular weight excluding hydrogens is 311 g/mol. The third kappa shape index (κ3) is 3.90. The first-order chi connectivity index (χ1) is 11.1. The Hall–Kier alpha value is -1.17. The molecule has 2 unspecified atom stereocenters. The number of carboxylic acid groups (broad SMARTS) is 1. The zero-order valence-corrected chi connectivity index (χ0v) is 16.1. The zero-order valence-electron chi connectivity index (χ0n) is 15.1. The van der Waals surface area contributed by atoms with Crippen molar-refractivity contribution in [3.63, 3.8) is 0 Å². The smallest absolute Gasteiger partial charge is 1.00 e. The zero-order chi connectivity index (χ0) is 16.3. The van der Waals surface area contributed by atoms with Crippen LogP contribution in [-0.2, 0) is 16.8 Å². The minimum atomic E-state index is -0.881. The fourth-order valence-corrected chi connectivity index (χ4v) is 3.44. The number of nitrogens with two attached hydrogens (primary N) is 1. The SMILES string of the molecule is NC1CC(C(=O)O)(c2ccccc2)CCN1Cc1ccccc1.[H-].[Na+]. The van der Waals surface area contributed by atoms with E-state index in [0.29, 0.717) is 19.4 Å². The minimum absolute atomic E-state index is 0. The van der Waals surface area contributed by atoms with Crippen LogP contribution in [0.2, 0.25) is 0 Å². The summed E-state index contributed by atoms with van der Waals surface area (Å²) in [6, 6.07) is 19.6. The number of hydrogen-bond acceptors (Lipinski definition) is 3. The molecule has 2 aromatic rings. The van der Waals surface area contributed by atoms with Gasteiger partial charge in [-0.05, 0) is 24.0 Å². The number of aliphatic carboxylic acids is 1. The number of likely N-dealkylation sites (tertiary alicyclic amines) is 1. The van der Waals surface area contributed by atoms with E-state index >= 15 is 0 Å². The fraction of sp³-hybridized carbons (Fsp3) is 0.316. The molecule has 1 fully saturated rings. The molecular formula is C19H23N2NaO2. The number of nitrogens with zero attached hydrogens (tertiary/aromatic N) is 1. The van der Waals surface area contributed by atoms with Gasteiger partial charge in [0.1, 0.15) is 0 Å². The number of piperidine rings is 1. The Morgan fingerprint density at radius 3 is 2.29 bits per heavy atom. The van der Waals surface area contributed by atoms with Crippen molar-refractivity contribution < 1.29 is 40.9 Å². The summed E-state index contributed by atoms with van der Waals surface area (Å²) >= 11 is 0. The predicted octanol–water partition coefficient (Wildman–Crippen LogP) is -0.294. The molecule has 1 aliphatic rings. The van der Waals surface area contributed by atoms with Gasteiger partial charge in [0, 0.05) is 13.1 Å². The summed E-state index contributed by atoms with van der Waals surface area (Å²) in [5.41, 5.74) is 7.51. The van der Waals surface area contributed by atoms with Crippen molar-refractivity contribution in [2.75, 3.05) is 6.54 Å². The van der Waals surface area contributed by atoms with Crippen molar-refractivity contribution in [3.05, 3.63) is 71.8 Å². The maximum absolute atomic E-state index is 12.0. The largest absolute Gasteiger partial charge is 1.00 e. The van der Waals surface area contributed by atoms with E-state index in [1.807, 2.05) is 48.5 Å². The maximum Gasteiger partial charge on any atom is 1.00 e. The second-order valence-corrected chi connectivity index (χ2v) is 6.23. The van der Waals surface area contributed by atoms with Gasteiger partial charge in [0.05, 0.1) is 11.6 Å². The van der Waals surface area contributed by atoms with Crippen LogP contribution in [0, 0.1) is 0 Å². The van der Waals surface area contributed by atoms with Crippen molar-refractivity contribution in [3.8, 4) is 0 Å². The molecule has 0 amide bonds. The average molecular weight is 334 g/mol. The van der Waals surface area contributed by atoms with Crippen LogP contribution in [0.25, 0.3) is 0 Å². The van der Waals surface area contributed by atoms with Crippen LogP contribution >= 0.6 is 0 Å². The molecule has 0 spiro atoms.